The maximum absolute atomic E-state index is 6.44. The van der Waals surface area contributed by atoms with Crippen molar-refractivity contribution >= 4 is 0 Å². The monoisotopic (exact) mass is 346 g/mol. The molecule has 0 spiro atoms. The molecule has 3 rings (SSSR count). The molecule has 0 N–H and O–H groups in total. The van der Waals surface area contributed by atoms with Crippen molar-refractivity contribution in [2.45, 2.75) is 51.0 Å². The average molecular weight is 347 g/mol. The highest BCUT2D eigenvalue weighted by Crippen LogP contribution is 2.45. The van der Waals surface area contributed by atoms with Gasteiger partial charge in [0.15, 0.2) is 0 Å². The zero-order valence-electron chi connectivity index (χ0n) is 16.0. The molecule has 1 aliphatic carbocycles. The second-order valence-corrected chi connectivity index (χ2v) is 7.05. The summed E-state index contributed by atoms with van der Waals surface area (Å²) in [7, 11) is 0. The highest BCUT2D eigenvalue weighted by atomic mass is 16.5. The molecule has 0 fully saturated rings. The van der Waals surface area contributed by atoms with E-state index in [9.17, 15) is 0 Å². The lowest BCUT2D eigenvalue weighted by atomic mass is 9.64. The SMILES string of the molecule is CCCCOC(C)C(C1=CCCC=C1)(c1ccccc1)c1ccccc1. The van der Waals surface area contributed by atoms with E-state index in [2.05, 4.69) is 92.7 Å². The van der Waals surface area contributed by atoms with Gasteiger partial charge in [-0.3, -0.25) is 0 Å². The van der Waals surface area contributed by atoms with Crippen molar-refractivity contribution in [1.82, 2.24) is 0 Å². The molecule has 1 atom stereocenters. The first kappa shape index (κ1) is 18.7. The van der Waals surface area contributed by atoms with Crippen LogP contribution in [-0.4, -0.2) is 12.7 Å². The first-order chi connectivity index (χ1) is 12.8. The van der Waals surface area contributed by atoms with Crippen LogP contribution >= 0.6 is 0 Å². The fourth-order valence-electron chi connectivity index (χ4n) is 4.04. The minimum atomic E-state index is -0.285. The van der Waals surface area contributed by atoms with Crippen LogP contribution in [0.15, 0.2) is 84.5 Å². The molecule has 0 aromatic heterocycles. The van der Waals surface area contributed by atoms with Crippen LogP contribution in [-0.2, 0) is 10.2 Å². The van der Waals surface area contributed by atoms with Crippen LogP contribution in [0.25, 0.3) is 0 Å². The number of rotatable bonds is 8. The average Bonchev–Trinajstić information content (AvgIpc) is 2.71. The van der Waals surface area contributed by atoms with Gasteiger partial charge in [-0.05, 0) is 42.9 Å². The van der Waals surface area contributed by atoms with Gasteiger partial charge in [-0.15, -0.1) is 0 Å². The number of allylic oxidation sites excluding steroid dienone is 3. The minimum absolute atomic E-state index is 0.0489. The fourth-order valence-corrected chi connectivity index (χ4v) is 4.04. The highest BCUT2D eigenvalue weighted by molar-refractivity contribution is 5.54. The highest BCUT2D eigenvalue weighted by Gasteiger charge is 2.43. The van der Waals surface area contributed by atoms with E-state index in [4.69, 9.17) is 4.74 Å². The molecule has 1 heteroatoms. The summed E-state index contributed by atoms with van der Waals surface area (Å²) >= 11 is 0. The Balaban J connectivity index is 2.17. The molecule has 1 aliphatic rings. The molecule has 136 valence electrons. The van der Waals surface area contributed by atoms with E-state index in [0.717, 1.165) is 32.3 Å². The van der Waals surface area contributed by atoms with Crippen LogP contribution in [0.2, 0.25) is 0 Å². The van der Waals surface area contributed by atoms with Crippen LogP contribution in [0.4, 0.5) is 0 Å². The van der Waals surface area contributed by atoms with E-state index in [-0.39, 0.29) is 11.5 Å². The Labute approximate surface area is 158 Å². The molecule has 0 saturated heterocycles. The van der Waals surface area contributed by atoms with Crippen LogP contribution < -0.4 is 0 Å². The molecule has 0 saturated carbocycles. The zero-order valence-corrected chi connectivity index (χ0v) is 16.0. The lowest BCUT2D eigenvalue weighted by Gasteiger charge is -2.42. The smallest absolute Gasteiger partial charge is 0.0724 e. The summed E-state index contributed by atoms with van der Waals surface area (Å²) in [6, 6.07) is 21.7. The van der Waals surface area contributed by atoms with Crippen molar-refractivity contribution in [2.24, 2.45) is 0 Å². The van der Waals surface area contributed by atoms with Crippen molar-refractivity contribution in [2.75, 3.05) is 6.61 Å². The minimum Gasteiger partial charge on any atom is -0.377 e. The third-order valence-electron chi connectivity index (χ3n) is 5.38. The van der Waals surface area contributed by atoms with E-state index in [1.807, 2.05) is 0 Å². The van der Waals surface area contributed by atoms with E-state index in [1.165, 1.54) is 16.7 Å². The van der Waals surface area contributed by atoms with Gasteiger partial charge >= 0.3 is 0 Å². The van der Waals surface area contributed by atoms with Crippen molar-refractivity contribution in [3.05, 3.63) is 95.6 Å². The topological polar surface area (TPSA) is 9.23 Å². The maximum atomic E-state index is 6.44. The number of benzene rings is 2. The standard InChI is InChI=1S/C25H30O/c1-3-4-20-26-21(2)25(22-14-8-5-9-15-22,23-16-10-6-11-17-23)24-18-12-7-13-19-24/h5-6,8-12,14-19,21H,3-4,7,13,20H2,1-2H3. The van der Waals surface area contributed by atoms with Gasteiger partial charge in [-0.2, -0.15) is 0 Å². The van der Waals surface area contributed by atoms with Gasteiger partial charge in [0.05, 0.1) is 11.5 Å². The van der Waals surface area contributed by atoms with Crippen LogP contribution in [0.3, 0.4) is 0 Å². The third-order valence-corrected chi connectivity index (χ3v) is 5.38. The summed E-state index contributed by atoms with van der Waals surface area (Å²) in [6.07, 6.45) is 11.5. The Bertz CT molecular complexity index is 688. The van der Waals surface area contributed by atoms with E-state index in [1.54, 1.807) is 0 Å². The lowest BCUT2D eigenvalue weighted by Crippen LogP contribution is -2.42. The van der Waals surface area contributed by atoms with E-state index < -0.39 is 0 Å². The molecule has 26 heavy (non-hydrogen) atoms. The largest absolute Gasteiger partial charge is 0.377 e. The lowest BCUT2D eigenvalue weighted by molar-refractivity contribution is 0.0311. The molecule has 0 bridgehead atoms. The van der Waals surface area contributed by atoms with Crippen LogP contribution in [0.1, 0.15) is 50.7 Å². The van der Waals surface area contributed by atoms with Gasteiger partial charge in [-0.1, -0.05) is 92.2 Å². The van der Waals surface area contributed by atoms with E-state index >= 15 is 0 Å². The molecule has 1 unspecified atom stereocenters. The molecule has 1 nitrogen and oxygen atoms in total. The van der Waals surface area contributed by atoms with Crippen molar-refractivity contribution in [1.29, 1.82) is 0 Å². The summed E-state index contributed by atoms with van der Waals surface area (Å²) in [5, 5.41) is 0. The first-order valence-electron chi connectivity index (χ1n) is 9.90. The van der Waals surface area contributed by atoms with Gasteiger partial charge in [0.1, 0.15) is 0 Å². The van der Waals surface area contributed by atoms with Gasteiger partial charge in [0.2, 0.25) is 0 Å². The van der Waals surface area contributed by atoms with Crippen molar-refractivity contribution < 1.29 is 4.74 Å². The number of ether oxygens (including phenoxy) is 1. The van der Waals surface area contributed by atoms with Gasteiger partial charge in [0, 0.05) is 6.61 Å². The maximum Gasteiger partial charge on any atom is 0.0724 e. The molecular weight excluding hydrogens is 316 g/mol. The molecule has 0 heterocycles. The predicted molar refractivity (Wildman–Crippen MR) is 110 cm³/mol. The van der Waals surface area contributed by atoms with Crippen LogP contribution in [0.5, 0.6) is 0 Å². The number of unbranched alkanes of at least 4 members (excludes halogenated alkanes) is 1. The summed E-state index contributed by atoms with van der Waals surface area (Å²) in [5.41, 5.74) is 3.67. The summed E-state index contributed by atoms with van der Waals surface area (Å²) < 4.78 is 6.44. The normalized spacial score (nSPS) is 15.5. The third kappa shape index (κ3) is 3.68. The molecular formula is C25H30O. The fraction of sp³-hybridized carbons (Fsp3) is 0.360. The molecule has 0 aliphatic heterocycles. The van der Waals surface area contributed by atoms with Crippen molar-refractivity contribution in [3.63, 3.8) is 0 Å². The van der Waals surface area contributed by atoms with Crippen LogP contribution in [0, 0.1) is 0 Å². The van der Waals surface area contributed by atoms with Gasteiger partial charge < -0.3 is 4.74 Å². The summed E-state index contributed by atoms with van der Waals surface area (Å²) in [6.45, 7) is 5.25. The summed E-state index contributed by atoms with van der Waals surface area (Å²) in [5.74, 6) is 0. The number of hydrogen-bond donors (Lipinski definition) is 0. The second-order valence-electron chi connectivity index (χ2n) is 7.05. The Hall–Kier alpha value is -2.12. The second kappa shape index (κ2) is 9.00. The molecule has 0 radical (unpaired) electrons. The van der Waals surface area contributed by atoms with E-state index in [0.29, 0.717) is 0 Å². The van der Waals surface area contributed by atoms with Gasteiger partial charge in [-0.25, -0.2) is 0 Å². The summed E-state index contributed by atoms with van der Waals surface area (Å²) in [4.78, 5) is 0. The zero-order chi connectivity index (χ0) is 18.2. The Morgan fingerprint density at radius 3 is 2.04 bits per heavy atom. The van der Waals surface area contributed by atoms with Gasteiger partial charge in [0.25, 0.3) is 0 Å². The number of hydrogen-bond acceptors (Lipinski definition) is 1. The molecule has 2 aromatic carbocycles. The molecule has 2 aromatic rings. The quantitative estimate of drug-likeness (QED) is 0.499. The van der Waals surface area contributed by atoms with Crippen molar-refractivity contribution in [3.8, 4) is 0 Å². The first-order valence-corrected chi connectivity index (χ1v) is 9.90. The Morgan fingerprint density at radius 2 is 1.54 bits per heavy atom. The Kier molecular flexibility index (Phi) is 6.46. The Morgan fingerprint density at radius 1 is 0.923 bits per heavy atom. The predicted octanol–water partition coefficient (Wildman–Crippen LogP) is 6.45. The molecule has 0 amide bonds.